The van der Waals surface area contributed by atoms with Crippen molar-refractivity contribution in [2.75, 3.05) is 7.11 Å². The van der Waals surface area contributed by atoms with Crippen molar-refractivity contribution in [3.63, 3.8) is 0 Å². The molecule has 16 heavy (non-hydrogen) atoms. The Morgan fingerprint density at radius 1 is 1.62 bits per heavy atom. The lowest BCUT2D eigenvalue weighted by molar-refractivity contribution is 0.372. The Morgan fingerprint density at radius 3 is 2.75 bits per heavy atom. The fraction of sp³-hybridized carbons (Fsp3) is 0.333. The fourth-order valence-electron chi connectivity index (χ4n) is 1.46. The highest BCUT2D eigenvalue weighted by Gasteiger charge is 2.13. The Kier molecular flexibility index (Phi) is 4.21. The van der Waals surface area contributed by atoms with Crippen LogP contribution in [0.3, 0.4) is 0 Å². The smallest absolute Gasteiger partial charge is 0.176 e. The van der Waals surface area contributed by atoms with Crippen molar-refractivity contribution in [2.24, 2.45) is 5.73 Å². The lowest BCUT2D eigenvalue weighted by Crippen LogP contribution is -2.10. The number of methoxy groups -OCH3 is 1. The zero-order valence-corrected chi connectivity index (χ0v) is 10.2. The van der Waals surface area contributed by atoms with Gasteiger partial charge in [-0.15, -0.1) is 6.58 Å². The van der Waals surface area contributed by atoms with Crippen LogP contribution in [0.1, 0.15) is 24.9 Å². The maximum absolute atomic E-state index is 9.57. The first-order chi connectivity index (χ1) is 7.45. The summed E-state index contributed by atoms with van der Waals surface area (Å²) >= 11 is 5.87. The molecule has 1 aromatic rings. The molecule has 0 saturated heterocycles. The van der Waals surface area contributed by atoms with Gasteiger partial charge in [0.25, 0.3) is 0 Å². The van der Waals surface area contributed by atoms with Crippen LogP contribution >= 0.6 is 11.6 Å². The van der Waals surface area contributed by atoms with Crippen molar-refractivity contribution in [3.8, 4) is 11.5 Å². The van der Waals surface area contributed by atoms with E-state index >= 15 is 0 Å². The number of ether oxygens (including phenoxy) is 1. The van der Waals surface area contributed by atoms with E-state index in [-0.39, 0.29) is 16.8 Å². The van der Waals surface area contributed by atoms with E-state index in [2.05, 4.69) is 6.58 Å². The van der Waals surface area contributed by atoms with E-state index in [0.29, 0.717) is 12.2 Å². The Labute approximate surface area is 100 Å². The molecule has 0 aliphatic carbocycles. The van der Waals surface area contributed by atoms with Gasteiger partial charge in [0.15, 0.2) is 11.5 Å². The Bertz CT molecular complexity index is 404. The van der Waals surface area contributed by atoms with Crippen molar-refractivity contribution < 1.29 is 9.84 Å². The summed E-state index contributed by atoms with van der Waals surface area (Å²) in [5.74, 6) is 0.273. The topological polar surface area (TPSA) is 55.5 Å². The molecule has 0 saturated carbocycles. The number of benzene rings is 1. The molecule has 3 N–H and O–H groups in total. The summed E-state index contributed by atoms with van der Waals surface area (Å²) < 4.78 is 5.01. The quantitative estimate of drug-likeness (QED) is 0.797. The molecule has 0 bridgehead atoms. The number of rotatable bonds is 4. The molecular formula is C12H16ClNO2. The average molecular weight is 242 g/mol. The molecule has 3 nitrogen and oxygen atoms in total. The standard InChI is InChI=1S/C12H16ClNO2/c1-7(2)4-10(14)8-5-9(13)12(15)11(6-8)16-3/h5-6,10,15H,1,4,14H2,2-3H3/t10-/m0/s1. The molecule has 0 fully saturated rings. The molecule has 0 radical (unpaired) electrons. The van der Waals surface area contributed by atoms with Crippen LogP contribution in [0.2, 0.25) is 5.02 Å². The molecule has 1 aromatic carbocycles. The molecule has 1 rings (SSSR count). The molecule has 0 unspecified atom stereocenters. The molecule has 0 aliphatic rings. The van der Waals surface area contributed by atoms with Crippen LogP contribution in [0.4, 0.5) is 0 Å². The first-order valence-electron chi connectivity index (χ1n) is 4.92. The molecule has 0 aliphatic heterocycles. The van der Waals surface area contributed by atoms with Crippen molar-refractivity contribution >= 4 is 11.6 Å². The Morgan fingerprint density at radius 2 is 2.25 bits per heavy atom. The van der Waals surface area contributed by atoms with Gasteiger partial charge >= 0.3 is 0 Å². The van der Waals surface area contributed by atoms with Crippen LogP contribution in [0.25, 0.3) is 0 Å². The molecule has 0 aromatic heterocycles. The monoisotopic (exact) mass is 241 g/mol. The van der Waals surface area contributed by atoms with E-state index in [9.17, 15) is 5.11 Å². The highest BCUT2D eigenvalue weighted by Crippen LogP contribution is 2.37. The minimum Gasteiger partial charge on any atom is -0.503 e. The van der Waals surface area contributed by atoms with Gasteiger partial charge in [0.05, 0.1) is 12.1 Å². The molecule has 1 atom stereocenters. The van der Waals surface area contributed by atoms with Gasteiger partial charge in [-0.25, -0.2) is 0 Å². The summed E-state index contributed by atoms with van der Waals surface area (Å²) in [5, 5.41) is 9.81. The SMILES string of the molecule is C=C(C)C[C@H](N)c1cc(Cl)c(O)c(OC)c1. The number of aromatic hydroxyl groups is 1. The zero-order chi connectivity index (χ0) is 12.3. The maximum Gasteiger partial charge on any atom is 0.176 e. The van der Waals surface area contributed by atoms with Gasteiger partial charge in [-0.05, 0) is 31.0 Å². The normalized spacial score (nSPS) is 12.2. The molecule has 0 spiro atoms. The third-order valence-corrected chi connectivity index (χ3v) is 2.56. The van der Waals surface area contributed by atoms with Gasteiger partial charge in [-0.1, -0.05) is 17.2 Å². The number of hydrogen-bond acceptors (Lipinski definition) is 3. The average Bonchev–Trinajstić information content (AvgIpc) is 2.20. The zero-order valence-electron chi connectivity index (χ0n) is 9.46. The third kappa shape index (κ3) is 2.90. The van der Waals surface area contributed by atoms with E-state index in [1.807, 2.05) is 6.92 Å². The third-order valence-electron chi connectivity index (χ3n) is 2.27. The minimum atomic E-state index is -0.190. The van der Waals surface area contributed by atoms with E-state index in [1.165, 1.54) is 7.11 Å². The first kappa shape index (κ1) is 12.9. The van der Waals surface area contributed by atoms with Crippen molar-refractivity contribution in [1.29, 1.82) is 0 Å². The van der Waals surface area contributed by atoms with E-state index in [0.717, 1.165) is 11.1 Å². The van der Waals surface area contributed by atoms with Gasteiger partial charge in [-0.3, -0.25) is 0 Å². The molecule has 88 valence electrons. The van der Waals surface area contributed by atoms with Gasteiger partial charge in [0.1, 0.15) is 0 Å². The van der Waals surface area contributed by atoms with Crippen LogP contribution in [0, 0.1) is 0 Å². The summed E-state index contributed by atoms with van der Waals surface area (Å²) in [6, 6.07) is 3.14. The van der Waals surface area contributed by atoms with Gasteiger partial charge in [-0.2, -0.15) is 0 Å². The number of halogens is 1. The Balaban J connectivity index is 3.05. The second-order valence-corrected chi connectivity index (χ2v) is 4.23. The summed E-state index contributed by atoms with van der Waals surface area (Å²) in [5.41, 5.74) is 7.80. The summed E-state index contributed by atoms with van der Waals surface area (Å²) in [6.45, 7) is 5.73. The second-order valence-electron chi connectivity index (χ2n) is 3.82. The van der Waals surface area contributed by atoms with Crippen LogP contribution in [0.5, 0.6) is 11.5 Å². The van der Waals surface area contributed by atoms with Crippen LogP contribution < -0.4 is 10.5 Å². The van der Waals surface area contributed by atoms with Crippen LogP contribution in [-0.4, -0.2) is 12.2 Å². The second kappa shape index (κ2) is 5.23. The molecule has 0 amide bonds. The molecule has 0 heterocycles. The van der Waals surface area contributed by atoms with E-state index in [1.54, 1.807) is 12.1 Å². The highest BCUT2D eigenvalue weighted by molar-refractivity contribution is 6.32. The van der Waals surface area contributed by atoms with Crippen molar-refractivity contribution in [3.05, 3.63) is 34.9 Å². The fourth-order valence-corrected chi connectivity index (χ4v) is 1.68. The predicted octanol–water partition coefficient (Wildman–Crippen LogP) is 3.02. The van der Waals surface area contributed by atoms with Gasteiger partial charge < -0.3 is 15.6 Å². The van der Waals surface area contributed by atoms with Gasteiger partial charge in [0.2, 0.25) is 0 Å². The molecule has 4 heteroatoms. The minimum absolute atomic E-state index is 0.0598. The summed E-state index contributed by atoms with van der Waals surface area (Å²) in [6.07, 6.45) is 0.671. The maximum atomic E-state index is 9.57. The lowest BCUT2D eigenvalue weighted by Gasteiger charge is -2.14. The van der Waals surface area contributed by atoms with Crippen molar-refractivity contribution in [2.45, 2.75) is 19.4 Å². The highest BCUT2D eigenvalue weighted by atomic mass is 35.5. The Hall–Kier alpha value is -1.19. The molecular weight excluding hydrogens is 226 g/mol. The lowest BCUT2D eigenvalue weighted by atomic mass is 10.0. The number of nitrogens with two attached hydrogens (primary N) is 1. The largest absolute Gasteiger partial charge is 0.503 e. The number of phenolic OH excluding ortho intramolecular Hbond substituents is 1. The first-order valence-corrected chi connectivity index (χ1v) is 5.29. The number of hydrogen-bond donors (Lipinski definition) is 2. The van der Waals surface area contributed by atoms with E-state index < -0.39 is 0 Å². The summed E-state index contributed by atoms with van der Waals surface area (Å²) in [7, 11) is 1.47. The van der Waals surface area contributed by atoms with Gasteiger partial charge in [0, 0.05) is 6.04 Å². The number of phenols is 1. The van der Waals surface area contributed by atoms with Crippen molar-refractivity contribution in [1.82, 2.24) is 0 Å². The van der Waals surface area contributed by atoms with E-state index in [4.69, 9.17) is 22.1 Å². The predicted molar refractivity (Wildman–Crippen MR) is 66.0 cm³/mol. The van der Waals surface area contributed by atoms with Crippen LogP contribution in [0.15, 0.2) is 24.3 Å². The summed E-state index contributed by atoms with van der Waals surface area (Å²) in [4.78, 5) is 0. The van der Waals surface area contributed by atoms with Crippen LogP contribution in [-0.2, 0) is 0 Å².